The van der Waals surface area contributed by atoms with Crippen molar-refractivity contribution in [3.63, 3.8) is 0 Å². The highest BCUT2D eigenvalue weighted by molar-refractivity contribution is 5.02. The van der Waals surface area contributed by atoms with Crippen LogP contribution in [0, 0.1) is 0 Å². The lowest BCUT2D eigenvalue weighted by molar-refractivity contribution is -0.0450. The molecule has 0 aromatic carbocycles. The van der Waals surface area contributed by atoms with Crippen LogP contribution in [-0.2, 0) is 4.74 Å². The molecule has 0 saturated carbocycles. The molecule has 1 unspecified atom stereocenters. The monoisotopic (exact) mass is 156 g/mol. The largest absolute Gasteiger partial charge is 0.390 e. The molecule has 0 amide bonds. The van der Waals surface area contributed by atoms with Crippen molar-refractivity contribution in [3.8, 4) is 0 Å². The van der Waals surface area contributed by atoms with Crippen molar-refractivity contribution in [2.45, 2.75) is 38.4 Å². The van der Waals surface area contributed by atoms with E-state index in [2.05, 4.69) is 6.58 Å². The second-order valence-electron chi connectivity index (χ2n) is 3.86. The zero-order chi connectivity index (χ0) is 8.48. The normalized spacial score (nSPS) is 31.5. The Balaban J connectivity index is 2.60. The first kappa shape index (κ1) is 8.75. The quantitative estimate of drug-likeness (QED) is 0.538. The van der Waals surface area contributed by atoms with Gasteiger partial charge in [-0.15, -0.1) is 0 Å². The van der Waals surface area contributed by atoms with Gasteiger partial charge in [0.2, 0.25) is 0 Å². The maximum atomic E-state index is 9.31. The van der Waals surface area contributed by atoms with Crippen LogP contribution in [0.1, 0.15) is 26.7 Å². The molecule has 2 nitrogen and oxygen atoms in total. The van der Waals surface area contributed by atoms with Crippen molar-refractivity contribution in [1.29, 1.82) is 0 Å². The van der Waals surface area contributed by atoms with Crippen molar-refractivity contribution in [3.05, 3.63) is 12.2 Å². The van der Waals surface area contributed by atoms with Crippen molar-refractivity contribution in [1.82, 2.24) is 0 Å². The van der Waals surface area contributed by atoms with E-state index in [-0.39, 0.29) is 11.7 Å². The molecule has 1 aliphatic rings. The summed E-state index contributed by atoms with van der Waals surface area (Å²) in [4.78, 5) is 0. The molecular weight excluding hydrogens is 140 g/mol. The van der Waals surface area contributed by atoms with E-state index in [1.165, 1.54) is 0 Å². The maximum Gasteiger partial charge on any atom is 0.0810 e. The fourth-order valence-electron chi connectivity index (χ4n) is 1.44. The van der Waals surface area contributed by atoms with Crippen LogP contribution < -0.4 is 0 Å². The van der Waals surface area contributed by atoms with Crippen LogP contribution in [0.25, 0.3) is 0 Å². The third kappa shape index (κ3) is 2.64. The number of rotatable bonds is 0. The summed E-state index contributed by atoms with van der Waals surface area (Å²) in [6.07, 6.45) is 1.18. The van der Waals surface area contributed by atoms with Gasteiger partial charge in [-0.3, -0.25) is 0 Å². The first-order valence-electron chi connectivity index (χ1n) is 3.98. The lowest BCUT2D eigenvalue weighted by Crippen LogP contribution is -2.25. The van der Waals surface area contributed by atoms with Crippen LogP contribution in [0.2, 0.25) is 0 Å². The molecule has 0 bridgehead atoms. The molecular formula is C9H16O2. The Morgan fingerprint density at radius 1 is 1.64 bits per heavy atom. The fourth-order valence-corrected chi connectivity index (χ4v) is 1.44. The van der Waals surface area contributed by atoms with E-state index < -0.39 is 0 Å². The lowest BCUT2D eigenvalue weighted by Gasteiger charge is -2.22. The molecule has 2 heteroatoms. The summed E-state index contributed by atoms with van der Waals surface area (Å²) in [7, 11) is 0. The van der Waals surface area contributed by atoms with Crippen molar-refractivity contribution in [2.75, 3.05) is 6.61 Å². The number of hydrogen-bond donors (Lipinski definition) is 1. The Bertz CT molecular complexity index is 161. The second kappa shape index (κ2) is 2.95. The molecule has 0 spiro atoms. The molecule has 1 rings (SSSR count). The van der Waals surface area contributed by atoms with Gasteiger partial charge in [0.05, 0.1) is 18.3 Å². The molecule has 0 aromatic rings. The zero-order valence-corrected chi connectivity index (χ0v) is 7.26. The molecule has 1 N–H and O–H groups in total. The van der Waals surface area contributed by atoms with Crippen LogP contribution in [-0.4, -0.2) is 23.4 Å². The molecule has 1 aliphatic heterocycles. The van der Waals surface area contributed by atoms with E-state index in [9.17, 15) is 5.11 Å². The Labute approximate surface area is 67.9 Å². The standard InChI is InChI=1S/C9H16O2/c1-7-4-8(10)6-11-9(2,3)5-7/h8,10H,1,4-6H2,2-3H3. The summed E-state index contributed by atoms with van der Waals surface area (Å²) in [6, 6.07) is 0. The highest BCUT2D eigenvalue weighted by Crippen LogP contribution is 2.26. The van der Waals surface area contributed by atoms with Crippen LogP contribution in [0.3, 0.4) is 0 Å². The van der Waals surface area contributed by atoms with Gasteiger partial charge in [0.25, 0.3) is 0 Å². The summed E-state index contributed by atoms with van der Waals surface area (Å²) in [5.41, 5.74) is 0.939. The van der Waals surface area contributed by atoms with Crippen molar-refractivity contribution < 1.29 is 9.84 Å². The Hall–Kier alpha value is -0.340. The highest BCUT2D eigenvalue weighted by Gasteiger charge is 2.25. The van der Waals surface area contributed by atoms with Crippen LogP contribution in [0.4, 0.5) is 0 Å². The average Bonchev–Trinajstić information content (AvgIpc) is 1.90. The van der Waals surface area contributed by atoms with Gasteiger partial charge in [-0.25, -0.2) is 0 Å². The van der Waals surface area contributed by atoms with E-state index in [4.69, 9.17) is 4.74 Å². The van der Waals surface area contributed by atoms with Crippen LogP contribution >= 0.6 is 0 Å². The number of aliphatic hydroxyl groups is 1. The number of aliphatic hydroxyl groups excluding tert-OH is 1. The Morgan fingerprint density at radius 2 is 2.27 bits per heavy atom. The van der Waals surface area contributed by atoms with E-state index in [0.29, 0.717) is 13.0 Å². The molecule has 1 heterocycles. The lowest BCUT2D eigenvalue weighted by atomic mass is 9.98. The predicted molar refractivity (Wildman–Crippen MR) is 44.4 cm³/mol. The van der Waals surface area contributed by atoms with Crippen LogP contribution in [0.15, 0.2) is 12.2 Å². The minimum atomic E-state index is -0.357. The van der Waals surface area contributed by atoms with Gasteiger partial charge in [0.1, 0.15) is 0 Å². The number of ether oxygens (including phenoxy) is 1. The van der Waals surface area contributed by atoms with Gasteiger partial charge >= 0.3 is 0 Å². The first-order chi connectivity index (χ1) is 4.99. The number of hydrogen-bond acceptors (Lipinski definition) is 2. The van der Waals surface area contributed by atoms with E-state index in [1.807, 2.05) is 13.8 Å². The molecule has 0 aliphatic carbocycles. The van der Waals surface area contributed by atoms with Gasteiger partial charge in [-0.1, -0.05) is 12.2 Å². The molecule has 11 heavy (non-hydrogen) atoms. The Morgan fingerprint density at radius 3 is 2.91 bits per heavy atom. The summed E-state index contributed by atoms with van der Waals surface area (Å²) in [6.45, 7) is 8.36. The zero-order valence-electron chi connectivity index (χ0n) is 7.26. The smallest absolute Gasteiger partial charge is 0.0810 e. The Kier molecular flexibility index (Phi) is 2.35. The molecule has 0 radical (unpaired) electrons. The van der Waals surface area contributed by atoms with Gasteiger partial charge < -0.3 is 9.84 Å². The summed E-state index contributed by atoms with van der Waals surface area (Å²) >= 11 is 0. The summed E-state index contributed by atoms with van der Waals surface area (Å²) < 4.78 is 5.46. The molecule has 1 saturated heterocycles. The molecule has 0 aromatic heterocycles. The van der Waals surface area contributed by atoms with Crippen molar-refractivity contribution >= 4 is 0 Å². The van der Waals surface area contributed by atoms with Gasteiger partial charge in [0.15, 0.2) is 0 Å². The van der Waals surface area contributed by atoms with Gasteiger partial charge in [-0.05, 0) is 26.7 Å². The minimum Gasteiger partial charge on any atom is -0.390 e. The molecule has 1 fully saturated rings. The topological polar surface area (TPSA) is 29.5 Å². The SMILES string of the molecule is C=C1CC(O)COC(C)(C)C1. The van der Waals surface area contributed by atoms with E-state index >= 15 is 0 Å². The minimum absolute atomic E-state index is 0.144. The van der Waals surface area contributed by atoms with Crippen molar-refractivity contribution in [2.24, 2.45) is 0 Å². The fraction of sp³-hybridized carbons (Fsp3) is 0.778. The predicted octanol–water partition coefficient (Wildman–Crippen LogP) is 1.49. The second-order valence-corrected chi connectivity index (χ2v) is 3.86. The van der Waals surface area contributed by atoms with Crippen LogP contribution in [0.5, 0.6) is 0 Å². The van der Waals surface area contributed by atoms with E-state index in [0.717, 1.165) is 12.0 Å². The maximum absolute atomic E-state index is 9.31. The third-order valence-electron chi connectivity index (χ3n) is 1.87. The summed E-state index contributed by atoms with van der Waals surface area (Å²) in [5.74, 6) is 0. The summed E-state index contributed by atoms with van der Waals surface area (Å²) in [5, 5.41) is 9.31. The average molecular weight is 156 g/mol. The highest BCUT2D eigenvalue weighted by atomic mass is 16.5. The van der Waals surface area contributed by atoms with Gasteiger partial charge in [0, 0.05) is 0 Å². The first-order valence-corrected chi connectivity index (χ1v) is 3.98. The molecule has 1 atom stereocenters. The molecule has 64 valence electrons. The van der Waals surface area contributed by atoms with E-state index in [1.54, 1.807) is 0 Å². The van der Waals surface area contributed by atoms with Gasteiger partial charge in [-0.2, -0.15) is 0 Å². The third-order valence-corrected chi connectivity index (χ3v) is 1.87.